The Morgan fingerprint density at radius 1 is 1.04 bits per heavy atom. The maximum absolute atomic E-state index is 12.1. The number of phenols is 1. The van der Waals surface area contributed by atoms with E-state index in [0.29, 0.717) is 16.5 Å². The normalized spacial score (nSPS) is 11.3. The van der Waals surface area contributed by atoms with Crippen LogP contribution in [0.4, 0.5) is 11.4 Å². The SMILES string of the molecule is CN(C)S(=O)(=O)c1cccc(NC(=S)Nc2ccc(O)cc2)c1. The zero-order valence-corrected chi connectivity index (χ0v) is 14.3. The fraction of sp³-hybridized carbons (Fsp3) is 0.133. The van der Waals surface area contributed by atoms with E-state index >= 15 is 0 Å². The van der Waals surface area contributed by atoms with Crippen LogP contribution in [0.1, 0.15) is 0 Å². The standard InChI is InChI=1S/C15H17N3O3S2/c1-18(2)23(20,21)14-5-3-4-12(10-14)17-15(22)16-11-6-8-13(19)9-7-11/h3-10,19H,1-2H3,(H2,16,17,22). The number of aromatic hydroxyl groups is 1. The predicted octanol–water partition coefficient (Wildman–Crippen LogP) is 2.45. The summed E-state index contributed by atoms with van der Waals surface area (Å²) in [4.78, 5) is 0.180. The number of benzene rings is 2. The molecule has 0 bridgehead atoms. The van der Waals surface area contributed by atoms with E-state index in [-0.39, 0.29) is 10.6 Å². The van der Waals surface area contributed by atoms with E-state index in [1.165, 1.54) is 38.4 Å². The molecule has 6 nitrogen and oxygen atoms in total. The van der Waals surface area contributed by atoms with Crippen molar-refractivity contribution in [1.29, 1.82) is 0 Å². The molecule has 2 aromatic rings. The number of phenolic OH excluding ortho intramolecular Hbond substituents is 1. The number of thiocarbonyl (C=S) groups is 1. The minimum Gasteiger partial charge on any atom is -0.508 e. The average molecular weight is 351 g/mol. The summed E-state index contributed by atoms with van der Waals surface area (Å²) >= 11 is 5.19. The van der Waals surface area contributed by atoms with Gasteiger partial charge in [-0.15, -0.1) is 0 Å². The first-order valence-electron chi connectivity index (χ1n) is 6.68. The van der Waals surface area contributed by atoms with Gasteiger partial charge in [0.05, 0.1) is 4.90 Å². The van der Waals surface area contributed by atoms with Gasteiger partial charge in [-0.3, -0.25) is 0 Å². The van der Waals surface area contributed by atoms with Crippen molar-refractivity contribution >= 4 is 38.7 Å². The van der Waals surface area contributed by atoms with Crippen LogP contribution >= 0.6 is 12.2 Å². The van der Waals surface area contributed by atoms with E-state index in [1.807, 2.05) is 0 Å². The lowest BCUT2D eigenvalue weighted by atomic mass is 10.3. The molecular formula is C15H17N3O3S2. The van der Waals surface area contributed by atoms with Crippen molar-refractivity contribution in [3.8, 4) is 5.75 Å². The number of anilines is 2. The Hall–Kier alpha value is -2.16. The highest BCUT2D eigenvalue weighted by Crippen LogP contribution is 2.19. The number of rotatable bonds is 4. The van der Waals surface area contributed by atoms with Crippen LogP contribution in [0.5, 0.6) is 5.75 Å². The molecule has 23 heavy (non-hydrogen) atoms. The molecule has 0 unspecified atom stereocenters. The van der Waals surface area contributed by atoms with Gasteiger partial charge >= 0.3 is 0 Å². The third-order valence-electron chi connectivity index (χ3n) is 3.00. The number of hydrogen-bond donors (Lipinski definition) is 3. The molecule has 0 saturated heterocycles. The minimum absolute atomic E-state index is 0.163. The first-order chi connectivity index (χ1) is 10.8. The zero-order chi connectivity index (χ0) is 17.0. The summed E-state index contributed by atoms with van der Waals surface area (Å²) in [5, 5.41) is 15.4. The molecule has 0 aliphatic rings. The Morgan fingerprint density at radius 3 is 2.26 bits per heavy atom. The molecule has 0 aliphatic carbocycles. The highest BCUT2D eigenvalue weighted by Gasteiger charge is 2.17. The van der Waals surface area contributed by atoms with E-state index in [4.69, 9.17) is 12.2 Å². The summed E-state index contributed by atoms with van der Waals surface area (Å²) < 4.78 is 25.4. The van der Waals surface area contributed by atoms with Gasteiger partial charge < -0.3 is 15.7 Å². The van der Waals surface area contributed by atoms with E-state index in [1.54, 1.807) is 24.3 Å². The van der Waals surface area contributed by atoms with E-state index in [9.17, 15) is 13.5 Å². The van der Waals surface area contributed by atoms with Crippen molar-refractivity contribution in [2.24, 2.45) is 0 Å². The van der Waals surface area contributed by atoms with Gasteiger partial charge in [0.15, 0.2) is 5.11 Å². The molecule has 2 aromatic carbocycles. The highest BCUT2D eigenvalue weighted by atomic mass is 32.2. The van der Waals surface area contributed by atoms with Gasteiger partial charge in [0.1, 0.15) is 5.75 Å². The van der Waals surface area contributed by atoms with Crippen LogP contribution in [0.15, 0.2) is 53.4 Å². The molecule has 3 N–H and O–H groups in total. The van der Waals surface area contributed by atoms with Crippen LogP contribution in [0.25, 0.3) is 0 Å². The molecule has 0 fully saturated rings. The van der Waals surface area contributed by atoms with Gasteiger partial charge in [0, 0.05) is 25.5 Å². The smallest absolute Gasteiger partial charge is 0.242 e. The predicted molar refractivity (Wildman–Crippen MR) is 95.3 cm³/mol. The third-order valence-corrected chi connectivity index (χ3v) is 5.01. The lowest BCUT2D eigenvalue weighted by Gasteiger charge is -2.14. The van der Waals surface area contributed by atoms with Crippen molar-refractivity contribution in [1.82, 2.24) is 4.31 Å². The molecule has 0 radical (unpaired) electrons. The fourth-order valence-electron chi connectivity index (χ4n) is 1.78. The van der Waals surface area contributed by atoms with Crippen molar-refractivity contribution in [2.75, 3.05) is 24.7 Å². The minimum atomic E-state index is -3.50. The Kier molecular flexibility index (Phi) is 5.19. The fourth-order valence-corrected chi connectivity index (χ4v) is 2.97. The second-order valence-corrected chi connectivity index (χ2v) is 7.50. The van der Waals surface area contributed by atoms with E-state index in [2.05, 4.69) is 10.6 Å². The van der Waals surface area contributed by atoms with Gasteiger partial charge in [-0.2, -0.15) is 0 Å². The third kappa shape index (κ3) is 4.41. The van der Waals surface area contributed by atoms with E-state index < -0.39 is 10.0 Å². The maximum Gasteiger partial charge on any atom is 0.242 e. The van der Waals surface area contributed by atoms with Crippen LogP contribution < -0.4 is 10.6 Å². The lowest BCUT2D eigenvalue weighted by Crippen LogP contribution is -2.23. The largest absolute Gasteiger partial charge is 0.508 e. The molecule has 0 aliphatic heterocycles. The van der Waals surface area contributed by atoms with Crippen LogP contribution in [0.2, 0.25) is 0 Å². The molecular weight excluding hydrogens is 334 g/mol. The molecule has 8 heteroatoms. The quantitative estimate of drug-likeness (QED) is 0.580. The van der Waals surface area contributed by atoms with Gasteiger partial charge in [0.2, 0.25) is 10.0 Å². The Morgan fingerprint density at radius 2 is 1.65 bits per heavy atom. The van der Waals surface area contributed by atoms with Crippen molar-refractivity contribution in [3.63, 3.8) is 0 Å². The van der Waals surface area contributed by atoms with Gasteiger partial charge in [-0.25, -0.2) is 12.7 Å². The molecule has 0 atom stereocenters. The summed E-state index contributed by atoms with van der Waals surface area (Å²) in [7, 11) is -0.540. The van der Waals surface area contributed by atoms with Gasteiger partial charge in [0.25, 0.3) is 0 Å². The first-order valence-corrected chi connectivity index (χ1v) is 8.53. The molecule has 0 heterocycles. The molecule has 0 spiro atoms. The number of hydrogen-bond acceptors (Lipinski definition) is 4. The zero-order valence-electron chi connectivity index (χ0n) is 12.6. The average Bonchev–Trinajstić information content (AvgIpc) is 2.49. The topological polar surface area (TPSA) is 81.7 Å². The summed E-state index contributed by atoms with van der Waals surface area (Å²) in [5.74, 6) is 0.163. The van der Waals surface area contributed by atoms with Crippen molar-refractivity contribution in [3.05, 3.63) is 48.5 Å². The Bertz CT molecular complexity index is 803. The van der Waals surface area contributed by atoms with Crippen LogP contribution in [0.3, 0.4) is 0 Å². The number of sulfonamides is 1. The second kappa shape index (κ2) is 6.95. The van der Waals surface area contributed by atoms with Crippen LogP contribution in [0, 0.1) is 0 Å². The molecule has 0 aromatic heterocycles. The van der Waals surface area contributed by atoms with E-state index in [0.717, 1.165) is 4.31 Å². The molecule has 122 valence electrons. The van der Waals surface area contributed by atoms with Crippen LogP contribution in [-0.4, -0.2) is 37.0 Å². The molecule has 2 rings (SSSR count). The van der Waals surface area contributed by atoms with Crippen LogP contribution in [-0.2, 0) is 10.0 Å². The molecule has 0 amide bonds. The summed E-state index contributed by atoms with van der Waals surface area (Å²) in [6.45, 7) is 0. The Balaban J connectivity index is 2.11. The first kappa shape index (κ1) is 17.2. The maximum atomic E-state index is 12.1. The summed E-state index contributed by atoms with van der Waals surface area (Å²) in [6.07, 6.45) is 0. The second-order valence-electron chi connectivity index (χ2n) is 4.94. The van der Waals surface area contributed by atoms with Crippen molar-refractivity contribution in [2.45, 2.75) is 4.90 Å². The van der Waals surface area contributed by atoms with Crippen molar-refractivity contribution < 1.29 is 13.5 Å². The monoisotopic (exact) mass is 351 g/mol. The molecule has 0 saturated carbocycles. The van der Waals surface area contributed by atoms with Gasteiger partial charge in [-0.1, -0.05) is 6.07 Å². The lowest BCUT2D eigenvalue weighted by molar-refractivity contribution is 0.475. The highest BCUT2D eigenvalue weighted by molar-refractivity contribution is 7.89. The van der Waals surface area contributed by atoms with Gasteiger partial charge in [-0.05, 0) is 54.7 Å². The Labute approximate surface area is 140 Å². The number of nitrogens with zero attached hydrogens (tertiary/aromatic N) is 1. The number of nitrogens with one attached hydrogen (secondary N) is 2. The summed E-state index contributed by atoms with van der Waals surface area (Å²) in [6, 6.07) is 12.8. The summed E-state index contributed by atoms with van der Waals surface area (Å²) in [5.41, 5.74) is 1.27.